The summed E-state index contributed by atoms with van der Waals surface area (Å²) in [5.41, 5.74) is 1.49. The van der Waals surface area contributed by atoms with Crippen LogP contribution in [0.5, 0.6) is 0 Å². The van der Waals surface area contributed by atoms with E-state index >= 15 is 0 Å². The number of likely N-dealkylation sites (tertiary alicyclic amines) is 1. The molecule has 0 aromatic heterocycles. The Morgan fingerprint density at radius 3 is 2.32 bits per heavy atom. The van der Waals surface area contributed by atoms with Gasteiger partial charge < -0.3 is 5.32 Å². The molecule has 1 aliphatic carbocycles. The number of nitrogens with zero attached hydrogens (tertiary/aromatic N) is 2. The van der Waals surface area contributed by atoms with E-state index in [4.69, 9.17) is 0 Å². The highest BCUT2D eigenvalue weighted by atomic mass is 32.2. The van der Waals surface area contributed by atoms with E-state index in [0.29, 0.717) is 36.5 Å². The van der Waals surface area contributed by atoms with Crippen LogP contribution < -0.4 is 5.32 Å². The molecule has 1 N–H and O–H groups in total. The summed E-state index contributed by atoms with van der Waals surface area (Å²) in [7, 11) is -3.54. The van der Waals surface area contributed by atoms with E-state index in [0.717, 1.165) is 18.4 Å². The van der Waals surface area contributed by atoms with E-state index < -0.39 is 10.0 Å². The SMILES string of the molecule is Cc1cccc(S(=O)(=O)N(C2CC2)C2CCN(CC(=O)Nc3ccc(F)cc3)CC2)c1. The third kappa shape index (κ3) is 5.31. The molecule has 2 aromatic rings. The fourth-order valence-electron chi connectivity index (χ4n) is 4.19. The van der Waals surface area contributed by atoms with Gasteiger partial charge in [-0.3, -0.25) is 9.69 Å². The number of piperidine rings is 1. The first-order chi connectivity index (χ1) is 14.8. The lowest BCUT2D eigenvalue weighted by Crippen LogP contribution is -2.49. The van der Waals surface area contributed by atoms with Crippen molar-refractivity contribution in [2.75, 3.05) is 25.0 Å². The van der Waals surface area contributed by atoms with E-state index in [1.54, 1.807) is 22.5 Å². The lowest BCUT2D eigenvalue weighted by atomic mass is 10.0. The van der Waals surface area contributed by atoms with Crippen LogP contribution in [0.4, 0.5) is 10.1 Å². The number of nitrogens with one attached hydrogen (secondary N) is 1. The van der Waals surface area contributed by atoms with Gasteiger partial charge in [-0.1, -0.05) is 12.1 Å². The molecule has 4 rings (SSSR count). The molecule has 1 heterocycles. The van der Waals surface area contributed by atoms with Crippen LogP contribution in [0.15, 0.2) is 53.4 Å². The van der Waals surface area contributed by atoms with Gasteiger partial charge in [0.1, 0.15) is 5.82 Å². The molecule has 2 fully saturated rings. The molecule has 166 valence electrons. The van der Waals surface area contributed by atoms with Crippen LogP contribution in [0.3, 0.4) is 0 Å². The predicted octanol–water partition coefficient (Wildman–Crippen LogP) is 3.39. The summed E-state index contributed by atoms with van der Waals surface area (Å²) in [4.78, 5) is 14.7. The highest BCUT2D eigenvalue weighted by molar-refractivity contribution is 7.89. The molecule has 0 bridgehead atoms. The number of aryl methyl sites for hydroxylation is 1. The van der Waals surface area contributed by atoms with E-state index in [1.165, 1.54) is 24.3 Å². The molecule has 0 spiro atoms. The molecule has 8 heteroatoms. The lowest BCUT2D eigenvalue weighted by Gasteiger charge is -2.37. The van der Waals surface area contributed by atoms with Crippen molar-refractivity contribution in [1.82, 2.24) is 9.21 Å². The second-order valence-corrected chi connectivity index (χ2v) is 10.3. The lowest BCUT2D eigenvalue weighted by molar-refractivity contribution is -0.117. The van der Waals surface area contributed by atoms with Gasteiger partial charge >= 0.3 is 0 Å². The summed E-state index contributed by atoms with van der Waals surface area (Å²) in [6.45, 7) is 3.45. The summed E-state index contributed by atoms with van der Waals surface area (Å²) < 4.78 is 41.5. The zero-order valence-corrected chi connectivity index (χ0v) is 18.4. The summed E-state index contributed by atoms with van der Waals surface area (Å²) in [6, 6.07) is 12.8. The monoisotopic (exact) mass is 445 g/mol. The number of hydrogen-bond acceptors (Lipinski definition) is 4. The minimum atomic E-state index is -3.54. The molecular formula is C23H28FN3O3S. The molecule has 6 nitrogen and oxygen atoms in total. The van der Waals surface area contributed by atoms with Gasteiger partial charge in [0, 0.05) is 30.9 Å². The van der Waals surface area contributed by atoms with Gasteiger partial charge in [-0.05, 0) is 74.6 Å². The van der Waals surface area contributed by atoms with Crippen molar-refractivity contribution in [2.45, 2.75) is 49.6 Å². The van der Waals surface area contributed by atoms with Crippen LogP contribution in [0, 0.1) is 12.7 Å². The largest absolute Gasteiger partial charge is 0.325 e. The Hall–Kier alpha value is -2.29. The molecule has 1 amide bonds. The average Bonchev–Trinajstić information content (AvgIpc) is 3.56. The van der Waals surface area contributed by atoms with Crippen molar-refractivity contribution < 1.29 is 17.6 Å². The number of halogens is 1. The number of sulfonamides is 1. The maximum Gasteiger partial charge on any atom is 0.243 e. The Morgan fingerprint density at radius 1 is 1.06 bits per heavy atom. The normalized spacial score (nSPS) is 18.3. The Balaban J connectivity index is 1.36. The minimum Gasteiger partial charge on any atom is -0.325 e. The van der Waals surface area contributed by atoms with Crippen molar-refractivity contribution in [3.8, 4) is 0 Å². The smallest absolute Gasteiger partial charge is 0.243 e. The van der Waals surface area contributed by atoms with Crippen LogP contribution in [0.1, 0.15) is 31.2 Å². The van der Waals surface area contributed by atoms with Gasteiger partial charge in [0.25, 0.3) is 0 Å². The van der Waals surface area contributed by atoms with E-state index in [-0.39, 0.29) is 30.4 Å². The topological polar surface area (TPSA) is 69.7 Å². The fourth-order valence-corrected chi connectivity index (χ4v) is 6.22. The highest BCUT2D eigenvalue weighted by Gasteiger charge is 2.43. The maximum absolute atomic E-state index is 13.4. The van der Waals surface area contributed by atoms with E-state index in [9.17, 15) is 17.6 Å². The van der Waals surface area contributed by atoms with Crippen LogP contribution in [0.25, 0.3) is 0 Å². The standard InChI is InChI=1S/C23H28FN3O3S/c1-17-3-2-4-22(15-17)31(29,30)27(20-9-10-20)21-11-13-26(14-12-21)16-23(28)25-19-7-5-18(24)6-8-19/h2-8,15,20-21H,9-14,16H2,1H3,(H,25,28). The Kier molecular flexibility index (Phi) is 6.41. The van der Waals surface area contributed by atoms with Gasteiger partial charge in [0.05, 0.1) is 11.4 Å². The van der Waals surface area contributed by atoms with Crippen LogP contribution in [-0.4, -0.2) is 55.2 Å². The van der Waals surface area contributed by atoms with Gasteiger partial charge in [-0.15, -0.1) is 0 Å². The first kappa shape index (κ1) is 21.9. The number of carbonyl (C=O) groups excluding carboxylic acids is 1. The summed E-state index contributed by atoms with van der Waals surface area (Å²) in [5.74, 6) is -0.502. The molecular weight excluding hydrogens is 417 g/mol. The van der Waals surface area contributed by atoms with Crippen molar-refractivity contribution in [2.24, 2.45) is 0 Å². The molecule has 0 radical (unpaired) electrons. The molecule has 1 aliphatic heterocycles. The number of hydrogen-bond donors (Lipinski definition) is 1. The molecule has 2 aromatic carbocycles. The van der Waals surface area contributed by atoms with Crippen molar-refractivity contribution >= 4 is 21.6 Å². The minimum absolute atomic E-state index is 0.0468. The molecule has 0 unspecified atom stereocenters. The summed E-state index contributed by atoms with van der Waals surface area (Å²) in [5, 5.41) is 2.78. The first-order valence-electron chi connectivity index (χ1n) is 10.7. The Bertz CT molecular complexity index is 1030. The molecule has 1 saturated heterocycles. The van der Waals surface area contributed by atoms with Crippen molar-refractivity contribution in [3.63, 3.8) is 0 Å². The third-order valence-corrected chi connectivity index (χ3v) is 7.88. The van der Waals surface area contributed by atoms with Crippen LogP contribution >= 0.6 is 0 Å². The second-order valence-electron chi connectivity index (χ2n) is 8.45. The number of rotatable bonds is 7. The molecule has 2 aliphatic rings. The molecule has 0 atom stereocenters. The maximum atomic E-state index is 13.4. The number of carbonyl (C=O) groups is 1. The summed E-state index contributed by atoms with van der Waals surface area (Å²) >= 11 is 0. The Labute approximate surface area is 183 Å². The van der Waals surface area contributed by atoms with Gasteiger partial charge in [0.15, 0.2) is 0 Å². The quantitative estimate of drug-likeness (QED) is 0.709. The van der Waals surface area contributed by atoms with Crippen LogP contribution in [-0.2, 0) is 14.8 Å². The van der Waals surface area contributed by atoms with Gasteiger partial charge in [0.2, 0.25) is 15.9 Å². The third-order valence-electron chi connectivity index (χ3n) is 5.88. The average molecular weight is 446 g/mol. The highest BCUT2D eigenvalue weighted by Crippen LogP contribution is 2.36. The van der Waals surface area contributed by atoms with E-state index in [2.05, 4.69) is 5.32 Å². The van der Waals surface area contributed by atoms with Gasteiger partial charge in [-0.25, -0.2) is 12.8 Å². The second kappa shape index (κ2) is 9.06. The van der Waals surface area contributed by atoms with Crippen molar-refractivity contribution in [1.29, 1.82) is 0 Å². The van der Waals surface area contributed by atoms with Gasteiger partial charge in [-0.2, -0.15) is 4.31 Å². The first-order valence-corrected chi connectivity index (χ1v) is 12.1. The zero-order chi connectivity index (χ0) is 22.0. The molecule has 1 saturated carbocycles. The number of benzene rings is 2. The number of anilines is 1. The predicted molar refractivity (Wildman–Crippen MR) is 118 cm³/mol. The van der Waals surface area contributed by atoms with E-state index in [1.807, 2.05) is 17.9 Å². The molecule has 31 heavy (non-hydrogen) atoms. The number of amides is 1. The van der Waals surface area contributed by atoms with Crippen molar-refractivity contribution in [3.05, 3.63) is 59.9 Å². The summed E-state index contributed by atoms with van der Waals surface area (Å²) in [6.07, 6.45) is 3.22. The van der Waals surface area contributed by atoms with Crippen LogP contribution in [0.2, 0.25) is 0 Å². The zero-order valence-electron chi connectivity index (χ0n) is 17.6. The Morgan fingerprint density at radius 2 is 1.71 bits per heavy atom. The fraction of sp³-hybridized carbons (Fsp3) is 0.435.